The van der Waals surface area contributed by atoms with Crippen LogP contribution in [0.25, 0.3) is 0 Å². The third-order valence-electron chi connectivity index (χ3n) is 6.64. The molecular formula is C28H26N4O4. The lowest BCUT2D eigenvalue weighted by molar-refractivity contribution is -0.116. The summed E-state index contributed by atoms with van der Waals surface area (Å²) in [6.45, 7) is 0.478. The Morgan fingerprint density at radius 1 is 0.806 bits per heavy atom. The molecule has 2 aliphatic rings. The van der Waals surface area contributed by atoms with Gasteiger partial charge in [0.2, 0.25) is 11.8 Å². The second kappa shape index (κ2) is 9.65. The summed E-state index contributed by atoms with van der Waals surface area (Å²) in [6.07, 6.45) is 2.00. The number of nitrogens with zero attached hydrogens (tertiary/aromatic N) is 2. The van der Waals surface area contributed by atoms with Crippen LogP contribution in [0.4, 0.5) is 11.4 Å². The molecule has 0 radical (unpaired) electrons. The lowest BCUT2D eigenvalue weighted by Crippen LogP contribution is -2.48. The van der Waals surface area contributed by atoms with Crippen molar-refractivity contribution in [2.24, 2.45) is 5.73 Å². The lowest BCUT2D eigenvalue weighted by Gasteiger charge is -2.41. The number of primary amides is 1. The Balaban J connectivity index is 1.20. The Labute approximate surface area is 208 Å². The number of nitrogens with two attached hydrogens (primary N) is 1. The summed E-state index contributed by atoms with van der Waals surface area (Å²) in [5.41, 5.74) is 8.85. The summed E-state index contributed by atoms with van der Waals surface area (Å²) < 4.78 is 0. The van der Waals surface area contributed by atoms with Gasteiger partial charge in [-0.05, 0) is 55.3 Å². The average molecular weight is 483 g/mol. The van der Waals surface area contributed by atoms with Crippen LogP contribution >= 0.6 is 0 Å². The molecule has 3 aromatic rings. The largest absolute Gasteiger partial charge is 0.366 e. The number of para-hydroxylation sites is 1. The van der Waals surface area contributed by atoms with Crippen molar-refractivity contribution in [3.63, 3.8) is 0 Å². The van der Waals surface area contributed by atoms with Crippen molar-refractivity contribution < 1.29 is 19.2 Å². The van der Waals surface area contributed by atoms with Gasteiger partial charge in [0.15, 0.2) is 0 Å². The van der Waals surface area contributed by atoms with Gasteiger partial charge in [0.1, 0.15) is 6.17 Å². The van der Waals surface area contributed by atoms with Crippen LogP contribution in [0, 0.1) is 0 Å². The molecule has 0 fully saturated rings. The molecule has 36 heavy (non-hydrogen) atoms. The number of hydrogen-bond acceptors (Lipinski definition) is 4. The second-order valence-corrected chi connectivity index (χ2v) is 8.95. The molecule has 182 valence electrons. The van der Waals surface area contributed by atoms with Crippen molar-refractivity contribution in [3.05, 3.63) is 95.1 Å². The molecule has 4 amide bonds. The van der Waals surface area contributed by atoms with Crippen LogP contribution in [0.2, 0.25) is 0 Å². The van der Waals surface area contributed by atoms with E-state index in [0.29, 0.717) is 53.9 Å². The first-order valence-electron chi connectivity index (χ1n) is 12.0. The number of nitrogens with one attached hydrogen (secondary N) is 1. The molecule has 0 saturated heterocycles. The van der Waals surface area contributed by atoms with Crippen LogP contribution in [-0.4, -0.2) is 35.1 Å². The Morgan fingerprint density at radius 2 is 1.50 bits per heavy atom. The number of carbonyl (C=O) groups is 4. The van der Waals surface area contributed by atoms with E-state index < -0.39 is 12.1 Å². The maximum atomic E-state index is 13.4. The van der Waals surface area contributed by atoms with E-state index >= 15 is 0 Å². The van der Waals surface area contributed by atoms with E-state index in [2.05, 4.69) is 5.32 Å². The zero-order chi connectivity index (χ0) is 25.2. The van der Waals surface area contributed by atoms with Gasteiger partial charge in [-0.2, -0.15) is 0 Å². The van der Waals surface area contributed by atoms with E-state index in [-0.39, 0.29) is 17.7 Å². The highest BCUT2D eigenvalue weighted by atomic mass is 16.2. The van der Waals surface area contributed by atoms with Gasteiger partial charge in [-0.1, -0.05) is 36.8 Å². The molecule has 0 spiro atoms. The minimum absolute atomic E-state index is 0.0893. The second-order valence-electron chi connectivity index (χ2n) is 8.95. The minimum atomic E-state index is -0.517. The highest BCUT2D eigenvalue weighted by molar-refractivity contribution is 6.16. The predicted molar refractivity (Wildman–Crippen MR) is 136 cm³/mol. The zero-order valence-electron chi connectivity index (χ0n) is 19.6. The first kappa shape index (κ1) is 23.3. The molecule has 0 aromatic heterocycles. The molecule has 2 heterocycles. The van der Waals surface area contributed by atoms with Gasteiger partial charge in [0, 0.05) is 35.3 Å². The molecule has 3 N–H and O–H groups in total. The molecule has 5 rings (SSSR count). The van der Waals surface area contributed by atoms with Gasteiger partial charge < -0.3 is 16.0 Å². The molecule has 8 nitrogen and oxygen atoms in total. The quantitative estimate of drug-likeness (QED) is 0.471. The zero-order valence-corrected chi connectivity index (χ0v) is 19.6. The van der Waals surface area contributed by atoms with Gasteiger partial charge >= 0.3 is 0 Å². The Kier molecular flexibility index (Phi) is 6.25. The third-order valence-corrected chi connectivity index (χ3v) is 6.64. The van der Waals surface area contributed by atoms with E-state index in [9.17, 15) is 19.2 Å². The predicted octanol–water partition coefficient (Wildman–Crippen LogP) is 4.10. The van der Waals surface area contributed by atoms with Gasteiger partial charge in [-0.3, -0.25) is 24.1 Å². The van der Waals surface area contributed by atoms with Crippen molar-refractivity contribution >= 4 is 35.0 Å². The number of amides is 4. The summed E-state index contributed by atoms with van der Waals surface area (Å²) in [7, 11) is 0. The minimum Gasteiger partial charge on any atom is -0.366 e. The highest BCUT2D eigenvalue weighted by Gasteiger charge is 2.47. The Bertz CT molecular complexity index is 1350. The number of carbonyl (C=O) groups excluding carboxylic acids is 4. The van der Waals surface area contributed by atoms with E-state index in [1.165, 1.54) is 0 Å². The van der Waals surface area contributed by atoms with Crippen molar-refractivity contribution in [3.8, 4) is 0 Å². The number of unbranched alkanes of at least 4 members (excludes halogenated alkanes) is 2. The SMILES string of the molecule is NC(=O)c1ccc(NC(=O)CCCCCN2C(=O)c3ccccc3N3C(=O)c4ccccc4[C@H]23)cc1. The molecule has 1 atom stereocenters. The van der Waals surface area contributed by atoms with Crippen LogP contribution in [-0.2, 0) is 4.79 Å². The summed E-state index contributed by atoms with van der Waals surface area (Å²) >= 11 is 0. The first-order valence-corrected chi connectivity index (χ1v) is 12.0. The number of fused-ring (bicyclic) bond motifs is 5. The molecule has 0 aliphatic carbocycles. The molecule has 0 saturated carbocycles. The third kappa shape index (κ3) is 4.22. The monoisotopic (exact) mass is 482 g/mol. The molecule has 0 unspecified atom stereocenters. The fourth-order valence-corrected chi connectivity index (χ4v) is 4.89. The smallest absolute Gasteiger partial charge is 0.260 e. The summed E-state index contributed by atoms with van der Waals surface area (Å²) in [6, 6.07) is 21.1. The van der Waals surface area contributed by atoms with Crippen LogP contribution < -0.4 is 16.0 Å². The van der Waals surface area contributed by atoms with Gasteiger partial charge in [0.25, 0.3) is 11.8 Å². The van der Waals surface area contributed by atoms with Crippen molar-refractivity contribution in [2.45, 2.75) is 31.8 Å². The summed E-state index contributed by atoms with van der Waals surface area (Å²) in [5.74, 6) is -0.821. The molecule has 3 aromatic carbocycles. The van der Waals surface area contributed by atoms with Crippen LogP contribution in [0.15, 0.2) is 72.8 Å². The Hall–Kier alpha value is -4.46. The van der Waals surface area contributed by atoms with Crippen molar-refractivity contribution in [2.75, 3.05) is 16.8 Å². The average Bonchev–Trinajstić information content (AvgIpc) is 3.18. The van der Waals surface area contributed by atoms with E-state index in [4.69, 9.17) is 5.73 Å². The lowest BCUT2D eigenvalue weighted by atomic mass is 10.0. The fourth-order valence-electron chi connectivity index (χ4n) is 4.89. The molecule has 8 heteroatoms. The van der Waals surface area contributed by atoms with Crippen molar-refractivity contribution in [1.29, 1.82) is 0 Å². The Morgan fingerprint density at radius 3 is 2.25 bits per heavy atom. The maximum Gasteiger partial charge on any atom is 0.260 e. The molecular weight excluding hydrogens is 456 g/mol. The highest BCUT2D eigenvalue weighted by Crippen LogP contribution is 2.45. The number of hydrogen-bond donors (Lipinski definition) is 2. The van der Waals surface area contributed by atoms with E-state index in [1.807, 2.05) is 36.4 Å². The van der Waals surface area contributed by atoms with Crippen LogP contribution in [0.1, 0.15) is 68.5 Å². The number of benzene rings is 3. The molecule has 2 aliphatic heterocycles. The van der Waals surface area contributed by atoms with Crippen LogP contribution in [0.3, 0.4) is 0 Å². The molecule has 0 bridgehead atoms. The van der Waals surface area contributed by atoms with Crippen LogP contribution in [0.5, 0.6) is 0 Å². The standard InChI is InChI=1S/C28H26N4O4/c29-25(34)18-13-15-19(16-14-18)30-24(33)12-2-1-7-17-31-26-20-8-3-4-9-21(20)28(36)32(26)23-11-6-5-10-22(23)27(31)35/h3-6,8-11,13-16,26H,1-2,7,12,17H2,(H2,29,34)(H,30,33)/t26-/m1/s1. The first-order chi connectivity index (χ1) is 17.5. The fraction of sp³-hybridized carbons (Fsp3) is 0.214. The van der Waals surface area contributed by atoms with Gasteiger partial charge in [0.05, 0.1) is 11.3 Å². The van der Waals surface area contributed by atoms with Gasteiger partial charge in [-0.15, -0.1) is 0 Å². The summed E-state index contributed by atoms with van der Waals surface area (Å²) in [4.78, 5) is 53.6. The van der Waals surface area contributed by atoms with E-state index in [1.54, 1.807) is 46.2 Å². The number of rotatable bonds is 8. The van der Waals surface area contributed by atoms with Crippen molar-refractivity contribution in [1.82, 2.24) is 4.90 Å². The van der Waals surface area contributed by atoms with Gasteiger partial charge in [-0.25, -0.2) is 0 Å². The number of anilines is 2. The summed E-state index contributed by atoms with van der Waals surface area (Å²) in [5, 5.41) is 2.81. The topological polar surface area (TPSA) is 113 Å². The van der Waals surface area contributed by atoms with E-state index in [0.717, 1.165) is 12.0 Å². The maximum absolute atomic E-state index is 13.4. The normalized spacial score (nSPS) is 15.8.